The third kappa shape index (κ3) is 2.11. The molecule has 0 aliphatic heterocycles. The van der Waals surface area contributed by atoms with Gasteiger partial charge >= 0.3 is 0 Å². The molecule has 0 unspecified atom stereocenters. The van der Waals surface area contributed by atoms with E-state index in [1.807, 2.05) is 12.1 Å². The maximum absolute atomic E-state index is 9.00. The largest absolute Gasteiger partial charge is 0.399 e. The molecule has 2 rings (SSSR count). The Morgan fingerprint density at radius 1 is 1.50 bits per heavy atom. The molecular formula is C13H17N3. The average Bonchev–Trinajstić information content (AvgIpc) is 2.24. The Morgan fingerprint density at radius 2 is 2.25 bits per heavy atom. The van der Waals surface area contributed by atoms with Crippen LogP contribution in [-0.4, -0.2) is 6.54 Å². The monoisotopic (exact) mass is 215 g/mol. The lowest BCUT2D eigenvalue weighted by atomic mass is 9.70. The zero-order valence-electron chi connectivity index (χ0n) is 9.59. The first-order valence-corrected chi connectivity index (χ1v) is 5.66. The van der Waals surface area contributed by atoms with Crippen LogP contribution in [0.2, 0.25) is 0 Å². The number of nitrogen functional groups attached to an aromatic ring is 1. The molecule has 1 aliphatic rings. The van der Waals surface area contributed by atoms with Gasteiger partial charge in [-0.3, -0.25) is 0 Å². The Morgan fingerprint density at radius 3 is 2.81 bits per heavy atom. The highest BCUT2D eigenvalue weighted by Gasteiger charge is 2.31. The van der Waals surface area contributed by atoms with Gasteiger partial charge in [-0.05, 0) is 36.5 Å². The normalized spacial score (nSPS) is 17.2. The number of rotatable bonds is 3. The number of nitrogens with zero attached hydrogens (tertiary/aromatic N) is 1. The molecule has 16 heavy (non-hydrogen) atoms. The van der Waals surface area contributed by atoms with E-state index in [4.69, 9.17) is 11.0 Å². The fourth-order valence-corrected chi connectivity index (χ4v) is 2.07. The Labute approximate surface area is 96.3 Å². The van der Waals surface area contributed by atoms with Gasteiger partial charge in [0.25, 0.3) is 0 Å². The van der Waals surface area contributed by atoms with Crippen LogP contribution in [0.3, 0.4) is 0 Å². The van der Waals surface area contributed by atoms with E-state index in [1.165, 1.54) is 19.3 Å². The second-order valence-corrected chi connectivity index (χ2v) is 4.93. The minimum atomic E-state index is 0.411. The van der Waals surface area contributed by atoms with Crippen LogP contribution in [0.25, 0.3) is 0 Å². The first kappa shape index (κ1) is 10.8. The van der Waals surface area contributed by atoms with Crippen molar-refractivity contribution >= 4 is 11.4 Å². The zero-order chi connectivity index (χ0) is 11.6. The highest BCUT2D eigenvalue weighted by molar-refractivity contribution is 5.63. The molecule has 0 bridgehead atoms. The minimum absolute atomic E-state index is 0.411. The topological polar surface area (TPSA) is 61.8 Å². The first-order chi connectivity index (χ1) is 7.63. The summed E-state index contributed by atoms with van der Waals surface area (Å²) < 4.78 is 0. The molecule has 84 valence electrons. The fourth-order valence-electron chi connectivity index (χ4n) is 2.07. The molecule has 3 nitrogen and oxygen atoms in total. The van der Waals surface area contributed by atoms with Gasteiger partial charge < -0.3 is 11.1 Å². The summed E-state index contributed by atoms with van der Waals surface area (Å²) in [5.41, 5.74) is 8.21. The quantitative estimate of drug-likeness (QED) is 0.762. The highest BCUT2D eigenvalue weighted by atomic mass is 14.9. The van der Waals surface area contributed by atoms with Crippen LogP contribution in [0.1, 0.15) is 31.7 Å². The Bertz CT molecular complexity index is 427. The third-order valence-electron chi connectivity index (χ3n) is 3.43. The van der Waals surface area contributed by atoms with E-state index in [-0.39, 0.29) is 0 Å². The summed E-state index contributed by atoms with van der Waals surface area (Å²) in [6.07, 6.45) is 3.87. The molecule has 0 spiro atoms. The molecule has 0 saturated heterocycles. The second kappa shape index (κ2) is 4.05. The van der Waals surface area contributed by atoms with Crippen molar-refractivity contribution in [2.45, 2.75) is 26.2 Å². The van der Waals surface area contributed by atoms with Crippen LogP contribution in [0.5, 0.6) is 0 Å². The molecule has 1 aliphatic carbocycles. The molecule has 1 fully saturated rings. The number of nitrogens with two attached hydrogens (primary N) is 1. The van der Waals surface area contributed by atoms with E-state index >= 15 is 0 Å². The van der Waals surface area contributed by atoms with Crippen LogP contribution in [0, 0.1) is 16.7 Å². The molecule has 0 radical (unpaired) electrons. The highest BCUT2D eigenvalue weighted by Crippen LogP contribution is 2.40. The number of nitriles is 1. The first-order valence-electron chi connectivity index (χ1n) is 5.66. The van der Waals surface area contributed by atoms with Gasteiger partial charge in [0.2, 0.25) is 0 Å². The summed E-state index contributed by atoms with van der Waals surface area (Å²) in [6.45, 7) is 3.22. The minimum Gasteiger partial charge on any atom is -0.399 e. The maximum atomic E-state index is 9.00. The number of nitrogens with one attached hydrogen (secondary N) is 1. The number of anilines is 2. The van der Waals surface area contributed by atoms with Crippen molar-refractivity contribution in [3.05, 3.63) is 23.8 Å². The van der Waals surface area contributed by atoms with Crippen molar-refractivity contribution < 1.29 is 0 Å². The predicted molar refractivity (Wildman–Crippen MR) is 66.0 cm³/mol. The van der Waals surface area contributed by atoms with Gasteiger partial charge in [0.15, 0.2) is 0 Å². The summed E-state index contributed by atoms with van der Waals surface area (Å²) in [5, 5.41) is 12.4. The third-order valence-corrected chi connectivity index (χ3v) is 3.43. The molecule has 3 N–H and O–H groups in total. The van der Waals surface area contributed by atoms with Crippen LogP contribution >= 0.6 is 0 Å². The zero-order valence-corrected chi connectivity index (χ0v) is 9.59. The standard InChI is InChI=1S/C13H17N3/c1-13(5-2-6-13)9-16-12-4-3-11(15)7-10(12)8-14/h3-4,7,16H,2,5-6,9,15H2,1H3. The van der Waals surface area contributed by atoms with E-state index in [0.717, 1.165) is 12.2 Å². The lowest BCUT2D eigenvalue weighted by Gasteiger charge is -2.38. The van der Waals surface area contributed by atoms with Gasteiger partial charge in [0.1, 0.15) is 6.07 Å². The van der Waals surface area contributed by atoms with Gasteiger partial charge in [0.05, 0.1) is 11.3 Å². The van der Waals surface area contributed by atoms with E-state index in [9.17, 15) is 0 Å². The Balaban J connectivity index is 2.07. The molecule has 1 saturated carbocycles. The molecule has 0 aromatic heterocycles. The summed E-state index contributed by atoms with van der Waals surface area (Å²) in [5.74, 6) is 0. The number of hydrogen-bond acceptors (Lipinski definition) is 3. The molecule has 0 heterocycles. The van der Waals surface area contributed by atoms with Gasteiger partial charge in [-0.15, -0.1) is 0 Å². The molecule has 1 aromatic rings. The molecule has 0 atom stereocenters. The summed E-state index contributed by atoms with van der Waals surface area (Å²) >= 11 is 0. The van der Waals surface area contributed by atoms with E-state index < -0.39 is 0 Å². The SMILES string of the molecule is CC1(CNc2ccc(N)cc2C#N)CCC1. The fraction of sp³-hybridized carbons (Fsp3) is 0.462. The summed E-state index contributed by atoms with van der Waals surface area (Å²) in [4.78, 5) is 0. The van der Waals surface area contributed by atoms with Crippen LogP contribution in [0.15, 0.2) is 18.2 Å². The van der Waals surface area contributed by atoms with Crippen molar-refractivity contribution in [1.29, 1.82) is 5.26 Å². The van der Waals surface area contributed by atoms with Crippen LogP contribution < -0.4 is 11.1 Å². The van der Waals surface area contributed by atoms with Gasteiger partial charge in [0, 0.05) is 12.2 Å². The average molecular weight is 215 g/mol. The van der Waals surface area contributed by atoms with Gasteiger partial charge in [-0.2, -0.15) is 5.26 Å². The van der Waals surface area contributed by atoms with Crippen LogP contribution in [0.4, 0.5) is 11.4 Å². The number of hydrogen-bond donors (Lipinski definition) is 2. The summed E-state index contributed by atoms with van der Waals surface area (Å²) in [7, 11) is 0. The predicted octanol–water partition coefficient (Wildman–Crippen LogP) is 2.74. The Kier molecular flexibility index (Phi) is 2.74. The van der Waals surface area contributed by atoms with Crippen molar-refractivity contribution in [1.82, 2.24) is 0 Å². The molecule has 3 heteroatoms. The molecule has 0 amide bonds. The van der Waals surface area contributed by atoms with E-state index in [2.05, 4.69) is 18.3 Å². The molecule has 1 aromatic carbocycles. The summed E-state index contributed by atoms with van der Waals surface area (Å²) in [6, 6.07) is 7.59. The Hall–Kier alpha value is -1.69. The second-order valence-electron chi connectivity index (χ2n) is 4.93. The lowest BCUT2D eigenvalue weighted by Crippen LogP contribution is -2.33. The van der Waals surface area contributed by atoms with E-state index in [1.54, 1.807) is 6.07 Å². The van der Waals surface area contributed by atoms with Crippen molar-refractivity contribution in [3.8, 4) is 6.07 Å². The van der Waals surface area contributed by atoms with Gasteiger partial charge in [-0.25, -0.2) is 0 Å². The van der Waals surface area contributed by atoms with Crippen molar-refractivity contribution in [2.24, 2.45) is 5.41 Å². The van der Waals surface area contributed by atoms with Crippen molar-refractivity contribution in [2.75, 3.05) is 17.6 Å². The maximum Gasteiger partial charge on any atom is 0.101 e. The molecular weight excluding hydrogens is 198 g/mol. The van der Waals surface area contributed by atoms with Crippen LogP contribution in [-0.2, 0) is 0 Å². The van der Waals surface area contributed by atoms with E-state index in [0.29, 0.717) is 16.7 Å². The smallest absolute Gasteiger partial charge is 0.101 e. The van der Waals surface area contributed by atoms with Crippen molar-refractivity contribution in [3.63, 3.8) is 0 Å². The lowest BCUT2D eigenvalue weighted by molar-refractivity contribution is 0.180. The van der Waals surface area contributed by atoms with Gasteiger partial charge in [-0.1, -0.05) is 13.3 Å². The number of benzene rings is 1.